The molecule has 0 spiro atoms. The van der Waals surface area contributed by atoms with Crippen LogP contribution in [0, 0.1) is 22.7 Å². The van der Waals surface area contributed by atoms with Gasteiger partial charge in [-0.25, -0.2) is 29.9 Å². The third-order valence-electron chi connectivity index (χ3n) is 8.91. The number of nitriles is 2. The maximum absolute atomic E-state index is 12.9. The molecule has 8 aromatic rings. The number of hydrogen-bond acceptors (Lipinski definition) is 13. The summed E-state index contributed by atoms with van der Waals surface area (Å²) in [4.78, 5) is 26.4. The number of fused-ring (bicyclic) bond motifs is 2. The number of para-hydroxylation sites is 2. The Morgan fingerprint density at radius 2 is 1.19 bits per heavy atom. The summed E-state index contributed by atoms with van der Waals surface area (Å²) in [5, 5.41) is 37.1. The fourth-order valence-electron chi connectivity index (χ4n) is 5.96. The number of aromatic nitrogens is 6. The third-order valence-corrected chi connectivity index (χ3v) is 11.1. The van der Waals surface area contributed by atoms with E-state index in [0.717, 1.165) is 38.1 Å². The van der Waals surface area contributed by atoms with Gasteiger partial charge in [-0.3, -0.25) is 0 Å². The number of aliphatic hydroxyl groups excluding tert-OH is 1. The number of nitrogens with zero attached hydrogens (tertiary/aromatic N) is 8. The van der Waals surface area contributed by atoms with Gasteiger partial charge >= 0.3 is 6.18 Å². The zero-order chi connectivity index (χ0) is 41.2. The Morgan fingerprint density at radius 1 is 0.644 bits per heavy atom. The minimum Gasteiger partial charge on any atom is -0.387 e. The summed E-state index contributed by atoms with van der Waals surface area (Å²) in [6.07, 6.45) is -1.51. The first kappa shape index (κ1) is 40.4. The molecule has 294 valence electrons. The molecule has 11 nitrogen and oxygen atoms in total. The van der Waals surface area contributed by atoms with Crippen LogP contribution in [0.15, 0.2) is 128 Å². The van der Waals surface area contributed by atoms with E-state index in [-0.39, 0.29) is 6.54 Å². The average molecular weight is 827 g/mol. The first-order valence-corrected chi connectivity index (χ1v) is 19.8. The first-order chi connectivity index (χ1) is 28.7. The van der Waals surface area contributed by atoms with Gasteiger partial charge in [0.1, 0.15) is 21.9 Å². The van der Waals surface area contributed by atoms with Crippen LogP contribution in [0.5, 0.6) is 0 Å². The highest BCUT2D eigenvalue weighted by Crippen LogP contribution is 2.33. The molecule has 8 rings (SSSR count). The average Bonchev–Trinajstić information content (AvgIpc) is 3.89. The fraction of sp³-hybridized carbons (Fsp3) is 0.163. The van der Waals surface area contributed by atoms with E-state index in [4.69, 9.17) is 0 Å². The lowest BCUT2D eigenvalue weighted by Crippen LogP contribution is -2.14. The quantitative estimate of drug-likeness (QED) is 0.107. The molecule has 4 heterocycles. The zero-order valence-electron chi connectivity index (χ0n) is 31.0. The van der Waals surface area contributed by atoms with Crippen LogP contribution in [0.25, 0.3) is 20.4 Å². The van der Waals surface area contributed by atoms with Crippen molar-refractivity contribution in [1.29, 1.82) is 10.5 Å². The van der Waals surface area contributed by atoms with E-state index in [1.165, 1.54) is 28.7 Å². The lowest BCUT2D eigenvalue weighted by molar-refractivity contribution is -0.137. The van der Waals surface area contributed by atoms with E-state index < -0.39 is 29.7 Å². The van der Waals surface area contributed by atoms with Crippen LogP contribution in [0.3, 0.4) is 0 Å². The molecule has 0 bridgehead atoms. The van der Waals surface area contributed by atoms with Crippen molar-refractivity contribution < 1.29 is 18.3 Å². The van der Waals surface area contributed by atoms with Crippen molar-refractivity contribution in [2.45, 2.75) is 30.5 Å². The highest BCUT2D eigenvalue weighted by Gasteiger charge is 2.30. The molecule has 0 aliphatic carbocycles. The SMILES string of the molecule is N#CC(c1ccnc(NCC(O)c2ccccc2)n1)c1nc2ccccc2s1.N#CC(c1ccnc(NCCc2cccc(C(F)(F)F)c2)n1)c1nc2ccccc2s1. The van der Waals surface area contributed by atoms with Crippen molar-refractivity contribution >= 4 is 55.0 Å². The topological polar surface area (TPSA) is 169 Å². The van der Waals surface area contributed by atoms with Gasteiger partial charge in [-0.2, -0.15) is 23.7 Å². The number of alkyl halides is 3. The Morgan fingerprint density at radius 3 is 1.73 bits per heavy atom. The van der Waals surface area contributed by atoms with Gasteiger partial charge in [0, 0.05) is 25.5 Å². The number of nitrogens with one attached hydrogen (secondary N) is 2. The molecule has 0 aliphatic rings. The summed E-state index contributed by atoms with van der Waals surface area (Å²) in [5.74, 6) is -0.524. The molecule has 0 saturated heterocycles. The van der Waals surface area contributed by atoms with Crippen molar-refractivity contribution in [3.8, 4) is 12.1 Å². The lowest BCUT2D eigenvalue weighted by atomic mass is 10.1. The molecule has 0 radical (unpaired) electrons. The number of anilines is 2. The molecule has 0 fully saturated rings. The minimum atomic E-state index is -4.37. The minimum absolute atomic E-state index is 0.270. The van der Waals surface area contributed by atoms with Crippen LogP contribution in [0.4, 0.5) is 25.1 Å². The highest BCUT2D eigenvalue weighted by atomic mass is 32.1. The van der Waals surface area contributed by atoms with Gasteiger partial charge in [-0.15, -0.1) is 22.7 Å². The van der Waals surface area contributed by atoms with Crippen LogP contribution < -0.4 is 10.6 Å². The van der Waals surface area contributed by atoms with Gasteiger partial charge in [0.05, 0.1) is 55.6 Å². The van der Waals surface area contributed by atoms with Crippen molar-refractivity contribution in [3.63, 3.8) is 0 Å². The van der Waals surface area contributed by atoms with Gasteiger partial charge in [0.2, 0.25) is 11.9 Å². The molecule has 0 saturated carbocycles. The standard InChI is InChI=1S/C22H16F3N5S.C21H17N5OS/c23-22(24,25)15-5-3-4-14(12-15)8-10-27-21-28-11-9-17(30-21)16(13-26)20-29-18-6-1-2-7-19(18)31-20;22-12-15(20-25-17-8-4-5-9-19(17)28-20)16-10-11-23-21(26-16)24-13-18(27)14-6-2-1-3-7-14/h1-7,9,11-12,16H,8,10H2,(H,27,28,30);1-11,15,18,27H,13H2,(H,23,24,26). The Balaban J connectivity index is 0.000000180. The van der Waals surface area contributed by atoms with E-state index in [2.05, 4.69) is 52.7 Å². The Hall–Kier alpha value is -6.85. The van der Waals surface area contributed by atoms with Crippen LogP contribution in [-0.4, -0.2) is 48.1 Å². The van der Waals surface area contributed by atoms with Crippen molar-refractivity contribution in [2.75, 3.05) is 23.7 Å². The molecule has 0 amide bonds. The lowest BCUT2D eigenvalue weighted by Gasteiger charge is -2.13. The monoisotopic (exact) mass is 826 g/mol. The molecule has 4 aromatic carbocycles. The highest BCUT2D eigenvalue weighted by molar-refractivity contribution is 7.19. The van der Waals surface area contributed by atoms with Crippen LogP contribution in [-0.2, 0) is 12.6 Å². The maximum Gasteiger partial charge on any atom is 0.416 e. The van der Waals surface area contributed by atoms with Crippen LogP contribution in [0.2, 0.25) is 0 Å². The van der Waals surface area contributed by atoms with E-state index in [9.17, 15) is 28.8 Å². The van der Waals surface area contributed by atoms with Crippen LogP contribution >= 0.6 is 22.7 Å². The summed E-state index contributed by atoms with van der Waals surface area (Å²) in [6.45, 7) is 0.620. The van der Waals surface area contributed by atoms with Gasteiger partial charge in [0.25, 0.3) is 0 Å². The Labute approximate surface area is 344 Å². The third kappa shape index (κ3) is 10.2. The Kier molecular flexibility index (Phi) is 12.7. The van der Waals surface area contributed by atoms with E-state index in [1.807, 2.05) is 78.9 Å². The first-order valence-electron chi connectivity index (χ1n) is 18.2. The predicted octanol–water partition coefficient (Wildman–Crippen LogP) is 9.30. The van der Waals surface area contributed by atoms with E-state index in [0.29, 0.717) is 51.8 Å². The summed E-state index contributed by atoms with van der Waals surface area (Å²) in [7, 11) is 0. The molecule has 16 heteroatoms. The van der Waals surface area contributed by atoms with Crippen molar-refractivity contribution in [1.82, 2.24) is 29.9 Å². The molecule has 3 unspecified atom stereocenters. The van der Waals surface area contributed by atoms with Crippen molar-refractivity contribution in [3.05, 3.63) is 166 Å². The van der Waals surface area contributed by atoms with Crippen LogP contribution in [0.1, 0.15) is 56.0 Å². The molecular formula is C43H33F3N10OS2. The summed E-state index contributed by atoms with van der Waals surface area (Å²) >= 11 is 2.93. The normalized spacial score (nSPS) is 12.7. The van der Waals surface area contributed by atoms with Gasteiger partial charge in [-0.1, -0.05) is 72.8 Å². The fourth-order valence-corrected chi connectivity index (χ4v) is 8.01. The summed E-state index contributed by atoms with van der Waals surface area (Å²) in [5.41, 5.74) is 3.50. The maximum atomic E-state index is 12.9. The molecule has 3 N–H and O–H groups in total. The number of hydrogen-bond donors (Lipinski definition) is 3. The largest absolute Gasteiger partial charge is 0.416 e. The number of benzene rings is 4. The molecule has 0 aliphatic heterocycles. The number of halogens is 3. The number of thiazole rings is 2. The number of rotatable bonds is 12. The summed E-state index contributed by atoms with van der Waals surface area (Å²) < 4.78 is 40.6. The zero-order valence-corrected chi connectivity index (χ0v) is 32.6. The van der Waals surface area contributed by atoms with Gasteiger partial charge in [0.15, 0.2) is 0 Å². The molecular weight excluding hydrogens is 794 g/mol. The molecule has 3 atom stereocenters. The second-order valence-electron chi connectivity index (χ2n) is 13.0. The smallest absolute Gasteiger partial charge is 0.387 e. The summed E-state index contributed by atoms with van der Waals surface area (Å²) in [6, 6.07) is 38.0. The molecule has 59 heavy (non-hydrogen) atoms. The molecule has 4 aromatic heterocycles. The Bertz CT molecular complexity index is 2680. The van der Waals surface area contributed by atoms with Gasteiger partial charge in [-0.05, 0) is 60.0 Å². The number of aliphatic hydroxyl groups is 1. The predicted molar refractivity (Wildman–Crippen MR) is 222 cm³/mol. The van der Waals surface area contributed by atoms with Gasteiger partial charge < -0.3 is 15.7 Å². The van der Waals surface area contributed by atoms with E-state index in [1.54, 1.807) is 30.6 Å². The second kappa shape index (κ2) is 18.6. The van der Waals surface area contributed by atoms with E-state index >= 15 is 0 Å². The van der Waals surface area contributed by atoms with Crippen molar-refractivity contribution in [2.24, 2.45) is 0 Å². The second-order valence-corrected chi connectivity index (χ2v) is 15.1.